The number of rotatable bonds is 6. The van der Waals surface area contributed by atoms with E-state index in [1.807, 2.05) is 6.92 Å². The minimum Gasteiger partial charge on any atom is -0.496 e. The van der Waals surface area contributed by atoms with Gasteiger partial charge in [0.15, 0.2) is 0 Å². The second-order valence-electron chi connectivity index (χ2n) is 7.63. The fourth-order valence-corrected chi connectivity index (χ4v) is 4.56. The number of hydrogen-bond donors (Lipinski definition) is 2. The van der Waals surface area contributed by atoms with Gasteiger partial charge in [0.1, 0.15) is 28.9 Å². The number of hydrogen-bond acceptors (Lipinski definition) is 8. The van der Waals surface area contributed by atoms with E-state index >= 15 is 0 Å². The number of ether oxygens (including phenoxy) is 2. The third kappa shape index (κ3) is 3.98. The van der Waals surface area contributed by atoms with Gasteiger partial charge >= 0.3 is 6.03 Å². The monoisotopic (exact) mass is 445 g/mol. The predicted octanol–water partition coefficient (Wildman–Crippen LogP) is 2.11. The number of aryl methyl sites for hydroxylation is 1. The van der Waals surface area contributed by atoms with Crippen molar-refractivity contribution < 1.29 is 23.9 Å². The maximum absolute atomic E-state index is 13.1. The van der Waals surface area contributed by atoms with Gasteiger partial charge in [0, 0.05) is 6.61 Å². The van der Waals surface area contributed by atoms with Gasteiger partial charge in [0.25, 0.3) is 5.91 Å². The molecule has 3 heterocycles. The van der Waals surface area contributed by atoms with Crippen molar-refractivity contribution in [1.29, 1.82) is 0 Å². The topological polar surface area (TPSA) is 123 Å². The van der Waals surface area contributed by atoms with Crippen LogP contribution in [0.5, 0.6) is 5.75 Å². The average molecular weight is 446 g/mol. The van der Waals surface area contributed by atoms with E-state index in [1.165, 1.54) is 11.3 Å². The van der Waals surface area contributed by atoms with Gasteiger partial charge in [-0.25, -0.2) is 4.79 Å². The second-order valence-corrected chi connectivity index (χ2v) is 8.64. The van der Waals surface area contributed by atoms with Crippen LogP contribution in [0, 0.1) is 6.92 Å². The van der Waals surface area contributed by atoms with Crippen LogP contribution < -0.4 is 15.4 Å². The second kappa shape index (κ2) is 8.23. The van der Waals surface area contributed by atoms with E-state index in [0.717, 1.165) is 23.3 Å². The van der Waals surface area contributed by atoms with E-state index in [4.69, 9.17) is 9.47 Å². The van der Waals surface area contributed by atoms with E-state index in [1.54, 1.807) is 32.2 Å². The smallest absolute Gasteiger partial charge is 0.325 e. The maximum Gasteiger partial charge on any atom is 0.325 e. The van der Waals surface area contributed by atoms with Gasteiger partial charge in [0.2, 0.25) is 11.0 Å². The molecule has 2 atom stereocenters. The van der Waals surface area contributed by atoms with Crippen LogP contribution in [0.25, 0.3) is 0 Å². The molecule has 31 heavy (non-hydrogen) atoms. The quantitative estimate of drug-likeness (QED) is 0.653. The van der Waals surface area contributed by atoms with E-state index < -0.39 is 29.9 Å². The molecule has 1 aromatic heterocycles. The molecule has 11 heteroatoms. The third-order valence-corrected chi connectivity index (χ3v) is 6.37. The molecule has 2 aromatic rings. The molecule has 0 spiro atoms. The first-order valence-corrected chi connectivity index (χ1v) is 10.7. The van der Waals surface area contributed by atoms with Crippen molar-refractivity contribution in [2.24, 2.45) is 0 Å². The van der Waals surface area contributed by atoms with Gasteiger partial charge in [-0.1, -0.05) is 17.4 Å². The van der Waals surface area contributed by atoms with Crippen molar-refractivity contribution in [2.45, 2.75) is 38.3 Å². The van der Waals surface area contributed by atoms with Crippen molar-refractivity contribution in [3.63, 3.8) is 0 Å². The Kier molecular flexibility index (Phi) is 5.63. The van der Waals surface area contributed by atoms with Crippen molar-refractivity contribution in [3.8, 4) is 5.75 Å². The highest BCUT2D eigenvalue weighted by molar-refractivity contribution is 7.15. The lowest BCUT2D eigenvalue weighted by Gasteiger charge is -2.23. The number of carbonyl (C=O) groups excluding carboxylic acids is 3. The first kappa shape index (κ1) is 21.2. The minimum absolute atomic E-state index is 0.0947. The summed E-state index contributed by atoms with van der Waals surface area (Å²) in [5.74, 6) is -0.358. The summed E-state index contributed by atoms with van der Waals surface area (Å²) in [4.78, 5) is 38.9. The highest BCUT2D eigenvalue weighted by atomic mass is 32.1. The van der Waals surface area contributed by atoms with Gasteiger partial charge in [-0.3, -0.25) is 19.8 Å². The van der Waals surface area contributed by atoms with E-state index in [2.05, 4.69) is 20.8 Å². The number of aromatic nitrogens is 2. The molecule has 2 unspecified atom stereocenters. The zero-order valence-corrected chi connectivity index (χ0v) is 18.2. The molecule has 2 aliphatic heterocycles. The molecule has 0 saturated carbocycles. The molecule has 2 N–H and O–H groups in total. The number of carbonyl (C=O) groups is 3. The molecule has 0 aliphatic carbocycles. The Hall–Kier alpha value is -3.05. The predicted molar refractivity (Wildman–Crippen MR) is 112 cm³/mol. The molecule has 4 rings (SSSR count). The summed E-state index contributed by atoms with van der Waals surface area (Å²) < 4.78 is 10.8. The highest BCUT2D eigenvalue weighted by Gasteiger charge is 2.49. The number of anilines is 1. The van der Waals surface area contributed by atoms with Crippen LogP contribution in [0.1, 0.15) is 42.0 Å². The summed E-state index contributed by atoms with van der Waals surface area (Å²) in [6, 6.07) is 4.62. The number of nitrogens with zero attached hydrogens (tertiary/aromatic N) is 3. The Bertz CT molecular complexity index is 1030. The molecule has 2 saturated heterocycles. The lowest BCUT2D eigenvalue weighted by molar-refractivity contribution is -0.133. The van der Waals surface area contributed by atoms with Crippen LogP contribution in [0.15, 0.2) is 18.2 Å². The number of nitrogens with one attached hydrogen (secondary N) is 2. The molecular formula is C20H23N5O5S. The molecule has 1 aromatic carbocycles. The summed E-state index contributed by atoms with van der Waals surface area (Å²) >= 11 is 1.22. The molecule has 0 bridgehead atoms. The van der Waals surface area contributed by atoms with Crippen LogP contribution in [0.2, 0.25) is 0 Å². The van der Waals surface area contributed by atoms with Crippen LogP contribution in [0.4, 0.5) is 9.93 Å². The van der Waals surface area contributed by atoms with Gasteiger partial charge in [-0.05, 0) is 49.9 Å². The SMILES string of the molecule is COc1ccc(C2(C)NC(=O)N(CC(=O)Nc3nnc(C4CCCO4)s3)C2=O)cc1C. The number of methoxy groups -OCH3 is 1. The largest absolute Gasteiger partial charge is 0.496 e. The molecule has 164 valence electrons. The molecule has 2 aliphatic rings. The number of amides is 4. The lowest BCUT2D eigenvalue weighted by atomic mass is 9.90. The summed E-state index contributed by atoms with van der Waals surface area (Å²) in [5, 5.41) is 14.3. The maximum atomic E-state index is 13.1. The fourth-order valence-electron chi connectivity index (χ4n) is 3.72. The van der Waals surface area contributed by atoms with Crippen molar-refractivity contribution in [1.82, 2.24) is 20.4 Å². The van der Waals surface area contributed by atoms with E-state index in [9.17, 15) is 14.4 Å². The Morgan fingerprint density at radius 3 is 2.90 bits per heavy atom. The Morgan fingerprint density at radius 2 is 2.23 bits per heavy atom. The van der Waals surface area contributed by atoms with Crippen molar-refractivity contribution in [3.05, 3.63) is 34.3 Å². The first-order chi connectivity index (χ1) is 14.8. The summed E-state index contributed by atoms with van der Waals surface area (Å²) in [6.45, 7) is 3.73. The van der Waals surface area contributed by atoms with Gasteiger partial charge < -0.3 is 14.8 Å². The van der Waals surface area contributed by atoms with Crippen LogP contribution >= 0.6 is 11.3 Å². The normalized spacial score (nSPS) is 23.2. The minimum atomic E-state index is -1.27. The van der Waals surface area contributed by atoms with Gasteiger partial charge in [-0.2, -0.15) is 0 Å². The van der Waals surface area contributed by atoms with E-state index in [-0.39, 0.29) is 6.10 Å². The Labute approximate surface area is 182 Å². The zero-order valence-electron chi connectivity index (χ0n) is 17.4. The third-order valence-electron chi connectivity index (χ3n) is 5.44. The van der Waals surface area contributed by atoms with Crippen LogP contribution in [0.3, 0.4) is 0 Å². The highest BCUT2D eigenvalue weighted by Crippen LogP contribution is 2.33. The number of imide groups is 1. The average Bonchev–Trinajstić information content (AvgIpc) is 3.46. The first-order valence-electron chi connectivity index (χ1n) is 9.86. The van der Waals surface area contributed by atoms with E-state index in [0.29, 0.717) is 28.1 Å². The van der Waals surface area contributed by atoms with Gasteiger partial charge in [-0.15, -0.1) is 10.2 Å². The lowest BCUT2D eigenvalue weighted by Crippen LogP contribution is -2.42. The number of benzene rings is 1. The summed E-state index contributed by atoms with van der Waals surface area (Å²) in [6.07, 6.45) is 1.74. The summed E-state index contributed by atoms with van der Waals surface area (Å²) in [7, 11) is 1.56. The fraction of sp³-hybridized carbons (Fsp3) is 0.450. The summed E-state index contributed by atoms with van der Waals surface area (Å²) in [5.41, 5.74) is 0.166. The molecular weight excluding hydrogens is 422 g/mol. The van der Waals surface area contributed by atoms with Crippen molar-refractivity contribution in [2.75, 3.05) is 25.6 Å². The Morgan fingerprint density at radius 1 is 1.42 bits per heavy atom. The standard InChI is InChI=1S/C20H23N5O5S/c1-11-9-12(6-7-13(11)29-3)20(2)17(27)25(19(28)22-20)10-15(26)21-18-24-23-16(31-18)14-5-4-8-30-14/h6-7,9,14H,4-5,8,10H2,1-3H3,(H,22,28)(H,21,24,26). The van der Waals surface area contributed by atoms with Crippen LogP contribution in [-0.2, 0) is 19.9 Å². The van der Waals surface area contributed by atoms with Crippen molar-refractivity contribution >= 4 is 34.3 Å². The molecule has 4 amide bonds. The molecule has 2 fully saturated rings. The molecule has 10 nitrogen and oxygen atoms in total. The number of urea groups is 1. The zero-order chi connectivity index (χ0) is 22.2. The van der Waals surface area contributed by atoms with Crippen LogP contribution in [-0.4, -0.2) is 53.2 Å². The molecule has 0 radical (unpaired) electrons. The Balaban J connectivity index is 1.44. The van der Waals surface area contributed by atoms with Gasteiger partial charge in [0.05, 0.1) is 7.11 Å².